The van der Waals surface area contributed by atoms with Crippen molar-refractivity contribution in [3.05, 3.63) is 0 Å². The molecular weight excluding hydrogens is 292 g/mol. The second-order valence-corrected chi connectivity index (χ2v) is 16.9. The molecule has 0 aromatic heterocycles. The molecule has 0 unspecified atom stereocenters. The quantitative estimate of drug-likeness (QED) is 0.698. The maximum atomic E-state index is 3.80. The summed E-state index contributed by atoms with van der Waals surface area (Å²) in [6.07, 6.45) is 14.0. The van der Waals surface area contributed by atoms with Crippen LogP contribution < -0.4 is 13.0 Å². The molecule has 1 aliphatic heterocycles. The molecule has 0 spiro atoms. The number of nitrogens with zero attached hydrogens (tertiary/aromatic N) is 1. The van der Waals surface area contributed by atoms with Crippen LogP contribution in [0, 0.1) is 0 Å². The number of hydrogen-bond acceptors (Lipinski definition) is 5. The fourth-order valence-electron chi connectivity index (χ4n) is 1.90. The molecule has 4 nitrogen and oxygen atoms in total. The van der Waals surface area contributed by atoms with Gasteiger partial charge in [-0.1, -0.05) is 0 Å². The van der Waals surface area contributed by atoms with Gasteiger partial charge in [-0.2, -0.15) is 0 Å². The summed E-state index contributed by atoms with van der Waals surface area (Å²) >= 11 is 1.77. The van der Waals surface area contributed by atoms with Crippen molar-refractivity contribution in [2.45, 2.75) is 19.9 Å². The van der Waals surface area contributed by atoms with Gasteiger partial charge in [0.05, 0.1) is 0 Å². The minimum Gasteiger partial charge on any atom is -0.247 e. The molecule has 0 radical (unpaired) electrons. The molecule has 1 aliphatic rings. The van der Waals surface area contributed by atoms with Crippen LogP contribution in [-0.4, -0.2) is 46.7 Å². The molecular formula is C9H28N4S4. The van der Waals surface area contributed by atoms with Crippen LogP contribution in [0.25, 0.3) is 0 Å². The van der Waals surface area contributed by atoms with Crippen molar-refractivity contribution in [1.82, 2.24) is 16.1 Å². The second kappa shape index (κ2) is 5.32. The van der Waals surface area contributed by atoms with Crippen molar-refractivity contribution >= 4 is 43.3 Å². The fraction of sp³-hybridized carbons (Fsp3) is 1.00. The van der Waals surface area contributed by atoms with Crippen LogP contribution in [0.2, 0.25) is 0 Å². The van der Waals surface area contributed by atoms with Gasteiger partial charge in [0.15, 0.2) is 0 Å². The molecule has 0 aromatic rings. The highest BCUT2D eigenvalue weighted by atomic mass is 32.4. The van der Waals surface area contributed by atoms with E-state index in [-0.39, 0.29) is 0 Å². The smallest absolute Gasteiger partial charge is 0.0278 e. The van der Waals surface area contributed by atoms with Crippen LogP contribution in [0.5, 0.6) is 0 Å². The van der Waals surface area contributed by atoms with E-state index in [1.54, 1.807) is 12.1 Å². The lowest BCUT2D eigenvalue weighted by Gasteiger charge is -2.63. The van der Waals surface area contributed by atoms with E-state index in [2.05, 4.69) is 67.5 Å². The molecule has 1 rings (SSSR count). The topological polar surface area (TPSA) is 39.3 Å². The lowest BCUT2D eigenvalue weighted by molar-refractivity contribution is 0.765. The number of nitrogens with one attached hydrogen (secondary N) is 3. The summed E-state index contributed by atoms with van der Waals surface area (Å²) < 4.78 is 13.6. The molecule has 108 valence electrons. The maximum absolute atomic E-state index is 3.80. The molecule has 0 amide bonds. The molecule has 0 aromatic carbocycles. The van der Waals surface area contributed by atoms with Gasteiger partial charge >= 0.3 is 0 Å². The Balaban J connectivity index is 2.86. The zero-order valence-electron chi connectivity index (χ0n) is 12.2. The largest absolute Gasteiger partial charge is 0.247 e. The molecule has 1 fully saturated rings. The van der Waals surface area contributed by atoms with E-state index in [9.17, 15) is 0 Å². The predicted octanol–water partition coefficient (Wildman–Crippen LogP) is 2.73. The predicted molar refractivity (Wildman–Crippen MR) is 92.3 cm³/mol. The molecule has 1 saturated heterocycles. The van der Waals surface area contributed by atoms with Gasteiger partial charge in [-0.15, -0.1) is 34.3 Å². The van der Waals surface area contributed by atoms with Crippen LogP contribution in [0.4, 0.5) is 0 Å². The highest BCUT2D eigenvalue weighted by molar-refractivity contribution is 8.60. The first-order valence-electron chi connectivity index (χ1n) is 5.46. The Morgan fingerprint density at radius 2 is 1.35 bits per heavy atom. The third-order valence-corrected chi connectivity index (χ3v) is 15.7. The van der Waals surface area contributed by atoms with E-state index < -0.39 is 31.2 Å². The molecule has 1 heterocycles. The van der Waals surface area contributed by atoms with Crippen molar-refractivity contribution in [3.8, 4) is 0 Å². The summed E-state index contributed by atoms with van der Waals surface area (Å²) in [6, 6.07) is 0.493. The maximum Gasteiger partial charge on any atom is 0.0278 e. The van der Waals surface area contributed by atoms with Crippen LogP contribution in [-0.2, 0) is 0 Å². The Labute approximate surface area is 116 Å². The van der Waals surface area contributed by atoms with E-state index in [4.69, 9.17) is 0 Å². The molecule has 8 heteroatoms. The van der Waals surface area contributed by atoms with Crippen molar-refractivity contribution in [1.29, 1.82) is 0 Å². The summed E-state index contributed by atoms with van der Waals surface area (Å²) in [6.45, 7) is 4.36. The average molecular weight is 321 g/mol. The van der Waals surface area contributed by atoms with Gasteiger partial charge in [0.1, 0.15) is 0 Å². The fourth-order valence-corrected chi connectivity index (χ4v) is 17.9. The average Bonchev–Trinajstić information content (AvgIpc) is 1.94. The van der Waals surface area contributed by atoms with Crippen LogP contribution in [0.1, 0.15) is 13.8 Å². The Kier molecular flexibility index (Phi) is 5.10. The second-order valence-electron chi connectivity index (χ2n) is 5.63. The van der Waals surface area contributed by atoms with E-state index >= 15 is 0 Å². The first-order chi connectivity index (χ1) is 7.46. The molecule has 0 saturated carbocycles. The van der Waals surface area contributed by atoms with E-state index in [1.807, 2.05) is 0 Å². The Hall–Kier alpha value is 1.24. The van der Waals surface area contributed by atoms with Gasteiger partial charge in [-0.3, -0.25) is 0 Å². The summed E-state index contributed by atoms with van der Waals surface area (Å²) in [5, 5.41) is 0. The zero-order valence-corrected chi connectivity index (χ0v) is 15.4. The van der Waals surface area contributed by atoms with Gasteiger partial charge < -0.3 is 0 Å². The van der Waals surface area contributed by atoms with E-state index in [0.29, 0.717) is 6.04 Å². The first kappa shape index (κ1) is 16.3. The van der Waals surface area contributed by atoms with E-state index in [0.717, 1.165) is 0 Å². The lowest BCUT2D eigenvalue weighted by atomic mass is 10.4. The monoisotopic (exact) mass is 320 g/mol. The van der Waals surface area contributed by atoms with Gasteiger partial charge in [-0.05, 0) is 51.4 Å². The first-order valence-corrected chi connectivity index (χ1v) is 13.5. The van der Waals surface area contributed by atoms with Gasteiger partial charge in [-0.25, -0.2) is 13.0 Å². The third kappa shape index (κ3) is 4.38. The zero-order chi connectivity index (χ0) is 13.5. The number of hydrogen-bond donors (Lipinski definition) is 3. The summed E-state index contributed by atoms with van der Waals surface area (Å²) in [5.41, 5.74) is 0. The van der Waals surface area contributed by atoms with Gasteiger partial charge in [0, 0.05) is 18.2 Å². The minimum absolute atomic E-state index is 0.493. The minimum atomic E-state index is -0.939. The van der Waals surface area contributed by atoms with Gasteiger partial charge in [0.2, 0.25) is 0 Å². The van der Waals surface area contributed by atoms with Crippen molar-refractivity contribution in [3.63, 3.8) is 0 Å². The summed E-state index contributed by atoms with van der Waals surface area (Å²) in [7, 11) is -2.76. The lowest BCUT2D eigenvalue weighted by Crippen LogP contribution is -2.49. The molecule has 0 bridgehead atoms. The normalized spacial score (nSPS) is 33.0. The summed E-state index contributed by atoms with van der Waals surface area (Å²) in [5.74, 6) is 0. The number of rotatable bonds is 3. The van der Waals surface area contributed by atoms with Crippen LogP contribution in [0.3, 0.4) is 0 Å². The Morgan fingerprint density at radius 1 is 0.941 bits per heavy atom. The molecule has 17 heavy (non-hydrogen) atoms. The van der Waals surface area contributed by atoms with E-state index in [1.165, 1.54) is 0 Å². The molecule has 0 aliphatic carbocycles. The third-order valence-electron chi connectivity index (χ3n) is 1.93. The highest BCUT2D eigenvalue weighted by Gasteiger charge is 2.41. The van der Waals surface area contributed by atoms with Crippen molar-refractivity contribution in [2.24, 2.45) is 0 Å². The summed E-state index contributed by atoms with van der Waals surface area (Å²) in [4.78, 5) is 0. The Bertz CT molecular complexity index is 260. The SMILES string of the molecule is CC(C)NSN1S(C)(C)NS(C)(C)NS1(C)C. The standard InChI is InChI=1S/C9H28N4S4/c1-9(2)10-14-13-16(5,6)11-15(3,4)12-17(13,7)8/h9-12H,1-8H3. The Morgan fingerprint density at radius 3 is 1.71 bits per heavy atom. The van der Waals surface area contributed by atoms with Crippen molar-refractivity contribution < 1.29 is 0 Å². The van der Waals surface area contributed by atoms with Crippen LogP contribution in [0.15, 0.2) is 0 Å². The van der Waals surface area contributed by atoms with Crippen LogP contribution >= 0.6 is 43.3 Å². The van der Waals surface area contributed by atoms with Crippen molar-refractivity contribution in [2.75, 3.05) is 37.5 Å². The van der Waals surface area contributed by atoms with Gasteiger partial charge in [0.25, 0.3) is 0 Å². The molecule has 0 atom stereocenters. The molecule has 3 N–H and O–H groups in total. The highest BCUT2D eigenvalue weighted by Crippen LogP contribution is 2.70.